The van der Waals surface area contributed by atoms with E-state index in [0.29, 0.717) is 12.0 Å². The van der Waals surface area contributed by atoms with Gasteiger partial charge in [0.15, 0.2) is 0 Å². The third-order valence-electron chi connectivity index (χ3n) is 5.24. The van der Waals surface area contributed by atoms with Crippen LogP contribution in [-0.4, -0.2) is 26.4 Å². The lowest BCUT2D eigenvalue weighted by molar-refractivity contribution is 0.244. The SMILES string of the molecule is Cc1ccc(CN2CCCC2c2cccc(Nc3ncccn3)n2)cc1C. The molecular formula is C22H25N5. The molecule has 1 atom stereocenters. The molecule has 1 unspecified atom stereocenters. The van der Waals surface area contributed by atoms with Crippen molar-refractivity contribution in [3.63, 3.8) is 0 Å². The van der Waals surface area contributed by atoms with E-state index in [4.69, 9.17) is 4.98 Å². The van der Waals surface area contributed by atoms with Gasteiger partial charge in [0, 0.05) is 18.9 Å². The molecule has 1 N–H and O–H groups in total. The summed E-state index contributed by atoms with van der Waals surface area (Å²) in [6.07, 6.45) is 5.79. The fourth-order valence-corrected chi connectivity index (χ4v) is 3.67. The first-order valence-corrected chi connectivity index (χ1v) is 9.50. The van der Waals surface area contributed by atoms with Gasteiger partial charge in [0.25, 0.3) is 0 Å². The van der Waals surface area contributed by atoms with Gasteiger partial charge in [0.05, 0.1) is 11.7 Å². The van der Waals surface area contributed by atoms with E-state index in [1.165, 1.54) is 23.1 Å². The Hall–Kier alpha value is -2.79. The van der Waals surface area contributed by atoms with E-state index < -0.39 is 0 Å². The third kappa shape index (κ3) is 4.14. The van der Waals surface area contributed by atoms with Crippen LogP contribution < -0.4 is 5.32 Å². The number of hydrogen-bond acceptors (Lipinski definition) is 5. The van der Waals surface area contributed by atoms with Gasteiger partial charge in [0.2, 0.25) is 5.95 Å². The Labute approximate surface area is 160 Å². The van der Waals surface area contributed by atoms with Gasteiger partial charge in [-0.25, -0.2) is 15.0 Å². The van der Waals surface area contributed by atoms with Crippen molar-refractivity contribution in [1.82, 2.24) is 19.9 Å². The van der Waals surface area contributed by atoms with Crippen molar-refractivity contribution in [2.75, 3.05) is 11.9 Å². The summed E-state index contributed by atoms with van der Waals surface area (Å²) in [5.74, 6) is 1.36. The summed E-state index contributed by atoms with van der Waals surface area (Å²) >= 11 is 0. The summed E-state index contributed by atoms with van der Waals surface area (Å²) in [6.45, 7) is 6.42. The van der Waals surface area contributed by atoms with Crippen molar-refractivity contribution in [3.05, 3.63) is 77.2 Å². The normalized spacial score (nSPS) is 17.2. The van der Waals surface area contributed by atoms with E-state index in [9.17, 15) is 0 Å². The van der Waals surface area contributed by atoms with Gasteiger partial charge >= 0.3 is 0 Å². The summed E-state index contributed by atoms with van der Waals surface area (Å²) in [6, 6.07) is 15.1. The van der Waals surface area contributed by atoms with E-state index in [2.05, 4.69) is 64.4 Å². The number of hydrogen-bond donors (Lipinski definition) is 1. The molecule has 0 spiro atoms. The fraction of sp³-hybridized carbons (Fsp3) is 0.318. The average molecular weight is 359 g/mol. The lowest BCUT2D eigenvalue weighted by atomic mass is 10.1. The van der Waals surface area contributed by atoms with Crippen LogP contribution in [0.3, 0.4) is 0 Å². The Morgan fingerprint density at radius 3 is 2.70 bits per heavy atom. The maximum Gasteiger partial charge on any atom is 0.228 e. The van der Waals surface area contributed by atoms with Crippen LogP contribution in [-0.2, 0) is 6.54 Å². The molecule has 0 amide bonds. The molecule has 1 aliphatic rings. The lowest BCUT2D eigenvalue weighted by Crippen LogP contribution is -2.23. The lowest BCUT2D eigenvalue weighted by Gasteiger charge is -2.24. The quantitative estimate of drug-likeness (QED) is 0.723. The van der Waals surface area contributed by atoms with Crippen molar-refractivity contribution in [1.29, 1.82) is 0 Å². The summed E-state index contributed by atoms with van der Waals surface area (Å²) < 4.78 is 0. The Morgan fingerprint density at radius 2 is 1.89 bits per heavy atom. The molecule has 0 aliphatic carbocycles. The second-order valence-corrected chi connectivity index (χ2v) is 7.19. The number of nitrogens with zero attached hydrogens (tertiary/aromatic N) is 4. The maximum atomic E-state index is 4.84. The first-order valence-electron chi connectivity index (χ1n) is 9.50. The van der Waals surface area contributed by atoms with Crippen LogP contribution in [0.2, 0.25) is 0 Å². The van der Waals surface area contributed by atoms with Gasteiger partial charge in [-0.1, -0.05) is 24.3 Å². The van der Waals surface area contributed by atoms with Crippen LogP contribution in [0.1, 0.15) is 41.3 Å². The number of pyridine rings is 1. The number of aromatic nitrogens is 3. The Bertz CT molecular complexity index is 910. The number of anilines is 2. The van der Waals surface area contributed by atoms with E-state index in [0.717, 1.165) is 31.0 Å². The Balaban J connectivity index is 1.51. The Morgan fingerprint density at radius 1 is 1.04 bits per heavy atom. The largest absolute Gasteiger partial charge is 0.309 e. The number of benzene rings is 1. The summed E-state index contributed by atoms with van der Waals surface area (Å²) in [4.78, 5) is 15.8. The highest BCUT2D eigenvalue weighted by molar-refractivity contribution is 5.47. The van der Waals surface area contributed by atoms with Crippen LogP contribution in [0.5, 0.6) is 0 Å². The summed E-state index contributed by atoms with van der Waals surface area (Å²) in [5.41, 5.74) is 5.19. The Kier molecular flexibility index (Phi) is 5.12. The molecule has 5 heteroatoms. The van der Waals surface area contributed by atoms with Crippen LogP contribution in [0.25, 0.3) is 0 Å². The minimum atomic E-state index is 0.352. The second-order valence-electron chi connectivity index (χ2n) is 7.19. The first kappa shape index (κ1) is 17.6. The van der Waals surface area contributed by atoms with Crippen LogP contribution in [0, 0.1) is 13.8 Å². The first-order chi connectivity index (χ1) is 13.2. The number of likely N-dealkylation sites (tertiary alicyclic amines) is 1. The predicted molar refractivity (Wildman–Crippen MR) is 108 cm³/mol. The van der Waals surface area contributed by atoms with E-state index >= 15 is 0 Å². The van der Waals surface area contributed by atoms with Gasteiger partial charge < -0.3 is 5.32 Å². The zero-order valence-corrected chi connectivity index (χ0v) is 15.9. The van der Waals surface area contributed by atoms with Crippen molar-refractivity contribution in [2.45, 2.75) is 39.3 Å². The van der Waals surface area contributed by atoms with Gasteiger partial charge in [0.1, 0.15) is 5.82 Å². The molecule has 1 saturated heterocycles. The highest BCUT2D eigenvalue weighted by atomic mass is 15.2. The van der Waals surface area contributed by atoms with Crippen molar-refractivity contribution < 1.29 is 0 Å². The standard InChI is InChI=1S/C22H25N5/c1-16-9-10-18(14-17(16)2)15-27-13-4-7-20(27)19-6-3-8-21(25-19)26-22-23-11-5-12-24-22/h3,5-6,8-12,14,20H,4,7,13,15H2,1-2H3,(H,23,24,25,26). The van der Waals surface area contributed by atoms with E-state index in [-0.39, 0.29) is 0 Å². The molecular weight excluding hydrogens is 334 g/mol. The van der Waals surface area contributed by atoms with Gasteiger partial charge in [-0.2, -0.15) is 0 Å². The maximum absolute atomic E-state index is 4.84. The number of nitrogens with one attached hydrogen (secondary N) is 1. The average Bonchev–Trinajstić information content (AvgIpc) is 3.14. The smallest absolute Gasteiger partial charge is 0.228 e. The molecule has 3 heterocycles. The summed E-state index contributed by atoms with van der Waals surface area (Å²) in [7, 11) is 0. The van der Waals surface area contributed by atoms with Crippen LogP contribution in [0.4, 0.5) is 11.8 Å². The molecule has 4 rings (SSSR count). The molecule has 3 aromatic rings. The molecule has 0 radical (unpaired) electrons. The molecule has 138 valence electrons. The minimum absolute atomic E-state index is 0.352. The fourth-order valence-electron chi connectivity index (χ4n) is 3.67. The van der Waals surface area contributed by atoms with Gasteiger partial charge in [-0.05, 0) is 68.1 Å². The molecule has 1 aliphatic heterocycles. The molecule has 2 aromatic heterocycles. The number of rotatable bonds is 5. The van der Waals surface area contributed by atoms with Gasteiger partial charge in [-0.15, -0.1) is 0 Å². The molecule has 0 saturated carbocycles. The second kappa shape index (κ2) is 7.84. The zero-order valence-electron chi connectivity index (χ0n) is 15.9. The molecule has 5 nitrogen and oxygen atoms in total. The highest BCUT2D eigenvalue weighted by Crippen LogP contribution is 2.33. The molecule has 0 bridgehead atoms. The predicted octanol–water partition coefficient (Wildman–Crippen LogP) is 4.57. The minimum Gasteiger partial charge on any atom is -0.309 e. The van der Waals surface area contributed by atoms with Crippen molar-refractivity contribution in [3.8, 4) is 0 Å². The third-order valence-corrected chi connectivity index (χ3v) is 5.24. The molecule has 1 aromatic carbocycles. The van der Waals surface area contributed by atoms with E-state index in [1.54, 1.807) is 18.5 Å². The van der Waals surface area contributed by atoms with Gasteiger partial charge in [-0.3, -0.25) is 4.90 Å². The summed E-state index contributed by atoms with van der Waals surface area (Å²) in [5, 5.41) is 3.19. The highest BCUT2D eigenvalue weighted by Gasteiger charge is 2.27. The van der Waals surface area contributed by atoms with Crippen molar-refractivity contribution >= 4 is 11.8 Å². The zero-order chi connectivity index (χ0) is 18.6. The number of aryl methyl sites for hydroxylation is 2. The monoisotopic (exact) mass is 359 g/mol. The molecule has 1 fully saturated rings. The molecule has 27 heavy (non-hydrogen) atoms. The van der Waals surface area contributed by atoms with Crippen LogP contribution in [0.15, 0.2) is 54.9 Å². The van der Waals surface area contributed by atoms with Crippen molar-refractivity contribution in [2.24, 2.45) is 0 Å². The van der Waals surface area contributed by atoms with Crippen LogP contribution >= 0.6 is 0 Å². The topological polar surface area (TPSA) is 53.9 Å². The van der Waals surface area contributed by atoms with E-state index in [1.807, 2.05) is 6.07 Å².